The van der Waals surface area contributed by atoms with Gasteiger partial charge >= 0.3 is 6.36 Å². The zero-order valence-electron chi connectivity index (χ0n) is 17.2. The Labute approximate surface area is 183 Å². The molecule has 9 heteroatoms. The number of halogens is 3. The minimum atomic E-state index is -4.69. The fourth-order valence-electron chi connectivity index (χ4n) is 4.36. The number of alkyl halides is 3. The van der Waals surface area contributed by atoms with Gasteiger partial charge in [0.2, 0.25) is 5.91 Å². The molecule has 1 aliphatic carbocycles. The number of thiophene rings is 1. The summed E-state index contributed by atoms with van der Waals surface area (Å²) >= 11 is 1.65. The van der Waals surface area contributed by atoms with Crippen molar-refractivity contribution < 1.29 is 22.7 Å². The van der Waals surface area contributed by atoms with E-state index >= 15 is 0 Å². The molecule has 1 aliphatic heterocycles. The summed E-state index contributed by atoms with van der Waals surface area (Å²) in [6.07, 6.45) is -4.69. The largest absolute Gasteiger partial charge is 0.658 e. The quantitative estimate of drug-likeness (QED) is 0.568. The number of ether oxygens (including phenoxy) is 1. The zero-order valence-corrected chi connectivity index (χ0v) is 18.0. The van der Waals surface area contributed by atoms with Crippen LogP contribution < -0.4 is 4.74 Å². The maximum atomic E-state index is 12.5. The number of carbonyl (C=O) groups excluding carboxylic acids is 1. The van der Waals surface area contributed by atoms with Gasteiger partial charge in [-0.2, -0.15) is 0 Å². The maximum absolute atomic E-state index is 12.5. The molecule has 1 saturated heterocycles. The van der Waals surface area contributed by atoms with Crippen LogP contribution >= 0.6 is 11.3 Å². The SMILES string of the molecule is CN(Cc1cccs1)C(=O)CN1CC2C(C[N-]Cc3cccc(OC(F)(F)F)c3)C2C1. The second-order valence-electron chi connectivity index (χ2n) is 8.27. The van der Waals surface area contributed by atoms with Gasteiger partial charge in [-0.1, -0.05) is 29.7 Å². The van der Waals surface area contributed by atoms with Crippen molar-refractivity contribution >= 4 is 17.2 Å². The van der Waals surface area contributed by atoms with Gasteiger partial charge in [0.05, 0.1) is 13.1 Å². The Hall–Kier alpha value is -2.10. The molecule has 2 unspecified atom stereocenters. The molecule has 5 nitrogen and oxygen atoms in total. The van der Waals surface area contributed by atoms with Crippen LogP contribution in [0, 0.1) is 17.8 Å². The van der Waals surface area contributed by atoms with E-state index in [-0.39, 0.29) is 11.7 Å². The normalized spacial score (nSPS) is 22.9. The molecule has 2 heterocycles. The van der Waals surface area contributed by atoms with E-state index < -0.39 is 6.36 Å². The second-order valence-corrected chi connectivity index (χ2v) is 9.31. The Kier molecular flexibility index (Phi) is 6.55. The van der Waals surface area contributed by atoms with Crippen molar-refractivity contribution in [3.8, 4) is 5.75 Å². The molecule has 0 radical (unpaired) electrons. The Morgan fingerprint density at radius 2 is 2.03 bits per heavy atom. The third-order valence-electron chi connectivity index (χ3n) is 5.97. The average Bonchev–Trinajstić information content (AvgIpc) is 3.07. The van der Waals surface area contributed by atoms with E-state index in [9.17, 15) is 18.0 Å². The van der Waals surface area contributed by atoms with Gasteiger partial charge in [0.25, 0.3) is 0 Å². The van der Waals surface area contributed by atoms with Crippen molar-refractivity contribution in [3.05, 3.63) is 57.5 Å². The molecule has 2 fully saturated rings. The molecule has 2 aliphatic rings. The van der Waals surface area contributed by atoms with Gasteiger partial charge in [-0.15, -0.1) is 37.6 Å². The molecule has 0 spiro atoms. The highest BCUT2D eigenvalue weighted by molar-refractivity contribution is 7.09. The smallest absolute Gasteiger partial charge is 0.573 e. The molecule has 1 amide bonds. The molecule has 31 heavy (non-hydrogen) atoms. The van der Waals surface area contributed by atoms with Crippen LogP contribution in [0.4, 0.5) is 13.2 Å². The fraction of sp³-hybridized carbons (Fsp3) is 0.500. The molecule has 0 N–H and O–H groups in total. The minimum Gasteiger partial charge on any atom is -0.658 e. The van der Waals surface area contributed by atoms with Crippen LogP contribution in [0.5, 0.6) is 5.75 Å². The van der Waals surface area contributed by atoms with Gasteiger partial charge in [-0.3, -0.25) is 9.69 Å². The van der Waals surface area contributed by atoms with E-state index in [1.54, 1.807) is 28.4 Å². The predicted octanol–water partition coefficient (Wildman–Crippen LogP) is 4.36. The summed E-state index contributed by atoms with van der Waals surface area (Å²) in [6.45, 7) is 4.01. The van der Waals surface area contributed by atoms with E-state index in [1.807, 2.05) is 24.6 Å². The summed E-state index contributed by atoms with van der Waals surface area (Å²) < 4.78 is 41.0. The van der Waals surface area contributed by atoms with E-state index in [0.29, 0.717) is 49.5 Å². The lowest BCUT2D eigenvalue weighted by Gasteiger charge is -2.25. The van der Waals surface area contributed by atoms with Crippen LogP contribution in [-0.2, 0) is 17.9 Å². The van der Waals surface area contributed by atoms with Gasteiger partial charge in [-0.05, 0) is 35.4 Å². The van der Waals surface area contributed by atoms with Crippen molar-refractivity contribution in [3.63, 3.8) is 0 Å². The molecular formula is C22H25F3N3O2S-. The summed E-state index contributed by atoms with van der Waals surface area (Å²) in [5, 5.41) is 6.56. The van der Waals surface area contributed by atoms with Gasteiger partial charge in [-0.25, -0.2) is 0 Å². The number of benzene rings is 1. The molecule has 1 saturated carbocycles. The minimum absolute atomic E-state index is 0.136. The van der Waals surface area contributed by atoms with Crippen molar-refractivity contribution in [1.82, 2.24) is 9.80 Å². The first-order valence-electron chi connectivity index (χ1n) is 10.2. The predicted molar refractivity (Wildman–Crippen MR) is 113 cm³/mol. The lowest BCUT2D eigenvalue weighted by molar-refractivity contribution is -0.274. The first-order valence-corrected chi connectivity index (χ1v) is 11.1. The number of fused-ring (bicyclic) bond motifs is 1. The number of hydrogen-bond acceptors (Lipinski definition) is 4. The van der Waals surface area contributed by atoms with E-state index in [0.717, 1.165) is 13.1 Å². The Bertz CT molecular complexity index is 878. The van der Waals surface area contributed by atoms with Gasteiger partial charge in [0.15, 0.2) is 0 Å². The Morgan fingerprint density at radius 1 is 1.26 bits per heavy atom. The number of likely N-dealkylation sites (N-methyl/N-ethyl adjacent to an activating group) is 1. The van der Waals surface area contributed by atoms with Crippen molar-refractivity contribution in [2.24, 2.45) is 17.8 Å². The molecule has 0 bridgehead atoms. The molecule has 1 aromatic heterocycles. The van der Waals surface area contributed by atoms with Gasteiger partial charge < -0.3 is 15.0 Å². The molecule has 2 aromatic rings. The Morgan fingerprint density at radius 3 is 2.71 bits per heavy atom. The highest BCUT2D eigenvalue weighted by Crippen LogP contribution is 2.52. The first-order chi connectivity index (χ1) is 14.8. The van der Waals surface area contributed by atoms with E-state index in [4.69, 9.17) is 0 Å². The topological polar surface area (TPSA) is 46.9 Å². The number of hydrogen-bond donors (Lipinski definition) is 0. The maximum Gasteiger partial charge on any atom is 0.573 e. The molecular weight excluding hydrogens is 427 g/mol. The van der Waals surface area contributed by atoms with Crippen LogP contribution in [-0.4, -0.2) is 55.3 Å². The van der Waals surface area contributed by atoms with Gasteiger partial charge in [0.1, 0.15) is 5.75 Å². The van der Waals surface area contributed by atoms with Crippen LogP contribution in [0.25, 0.3) is 5.32 Å². The van der Waals surface area contributed by atoms with E-state index in [1.165, 1.54) is 17.0 Å². The number of carbonyl (C=O) groups is 1. The number of piperidine rings is 1. The van der Waals surface area contributed by atoms with Crippen LogP contribution in [0.15, 0.2) is 41.8 Å². The van der Waals surface area contributed by atoms with Crippen molar-refractivity contribution in [2.45, 2.75) is 19.5 Å². The lowest BCUT2D eigenvalue weighted by Crippen LogP contribution is -2.38. The monoisotopic (exact) mass is 452 g/mol. The third kappa shape index (κ3) is 5.99. The summed E-state index contributed by atoms with van der Waals surface area (Å²) in [4.78, 5) is 17.6. The molecule has 4 rings (SSSR count). The molecule has 2 atom stereocenters. The number of nitrogens with zero attached hydrogens (tertiary/aromatic N) is 3. The van der Waals surface area contributed by atoms with Crippen LogP contribution in [0.3, 0.4) is 0 Å². The zero-order chi connectivity index (χ0) is 22.0. The number of likely N-dealkylation sites (tertiary alicyclic amines) is 1. The Balaban J connectivity index is 1.15. The number of amides is 1. The highest BCUT2D eigenvalue weighted by Gasteiger charge is 2.53. The van der Waals surface area contributed by atoms with Crippen molar-refractivity contribution in [2.75, 3.05) is 33.2 Å². The third-order valence-corrected chi connectivity index (χ3v) is 6.83. The van der Waals surface area contributed by atoms with Gasteiger partial charge in [0, 0.05) is 25.0 Å². The fourth-order valence-corrected chi connectivity index (χ4v) is 5.11. The highest BCUT2D eigenvalue weighted by atomic mass is 32.1. The summed E-state index contributed by atoms with van der Waals surface area (Å²) in [5.74, 6) is 1.58. The first kappa shape index (κ1) is 22.1. The second kappa shape index (κ2) is 9.18. The number of rotatable bonds is 9. The average molecular weight is 453 g/mol. The van der Waals surface area contributed by atoms with Crippen LogP contribution in [0.1, 0.15) is 10.4 Å². The van der Waals surface area contributed by atoms with Crippen LogP contribution in [0.2, 0.25) is 0 Å². The van der Waals surface area contributed by atoms with E-state index in [2.05, 4.69) is 15.0 Å². The lowest BCUT2D eigenvalue weighted by atomic mass is 10.2. The summed E-state index contributed by atoms with van der Waals surface area (Å²) in [6, 6.07) is 9.99. The molecule has 1 aromatic carbocycles. The summed E-state index contributed by atoms with van der Waals surface area (Å²) in [5.41, 5.74) is 0.702. The summed E-state index contributed by atoms with van der Waals surface area (Å²) in [7, 11) is 1.84. The standard InChI is InChI=1S/C22H25F3N3O2S/c1-27(11-17-6-3-7-31-17)21(29)14-28-12-19-18(20(19)13-28)10-26-9-15-4-2-5-16(8-15)30-22(23,24)25/h2-8,18-20H,9-14H2,1H3/q-1. The molecule has 168 valence electrons. The van der Waals surface area contributed by atoms with Crippen molar-refractivity contribution in [1.29, 1.82) is 0 Å².